The minimum atomic E-state index is 0.125. The van der Waals surface area contributed by atoms with Crippen LogP contribution in [0.4, 0.5) is 0 Å². The maximum atomic E-state index is 5.54. The van der Waals surface area contributed by atoms with Gasteiger partial charge < -0.3 is 15.4 Å². The molecule has 1 aromatic rings. The van der Waals surface area contributed by atoms with Gasteiger partial charge in [-0.1, -0.05) is 12.1 Å². The molecule has 2 N–H and O–H groups in total. The summed E-state index contributed by atoms with van der Waals surface area (Å²) in [4.78, 5) is 0. The van der Waals surface area contributed by atoms with Gasteiger partial charge >= 0.3 is 0 Å². The predicted molar refractivity (Wildman–Crippen MR) is 77.2 cm³/mol. The van der Waals surface area contributed by atoms with Gasteiger partial charge in [0, 0.05) is 18.6 Å². The summed E-state index contributed by atoms with van der Waals surface area (Å²) in [6.07, 6.45) is 0. The van der Waals surface area contributed by atoms with E-state index < -0.39 is 0 Å². The standard InChI is InChI=1S/C15H26N2O/c1-6-18-14-8-7-13(9-12(14)2)10-17-11-15(3,4)16-5/h7-9,16-17H,6,10-11H2,1-5H3. The topological polar surface area (TPSA) is 33.3 Å². The van der Waals surface area contributed by atoms with Crippen molar-refractivity contribution < 1.29 is 4.74 Å². The molecule has 0 radical (unpaired) electrons. The minimum absolute atomic E-state index is 0.125. The lowest BCUT2D eigenvalue weighted by Gasteiger charge is -2.24. The summed E-state index contributed by atoms with van der Waals surface area (Å²) in [5.74, 6) is 0.983. The Hall–Kier alpha value is -1.06. The molecule has 0 unspecified atom stereocenters. The van der Waals surface area contributed by atoms with Crippen molar-refractivity contribution in [1.82, 2.24) is 10.6 Å². The third kappa shape index (κ3) is 4.67. The zero-order valence-electron chi connectivity index (χ0n) is 12.3. The van der Waals surface area contributed by atoms with E-state index in [9.17, 15) is 0 Å². The van der Waals surface area contributed by atoms with Crippen molar-refractivity contribution in [2.45, 2.75) is 39.8 Å². The Morgan fingerprint density at radius 1 is 1.28 bits per heavy atom. The number of benzene rings is 1. The highest BCUT2D eigenvalue weighted by atomic mass is 16.5. The molecule has 0 aliphatic carbocycles. The summed E-state index contributed by atoms with van der Waals surface area (Å²) in [5, 5.41) is 6.75. The Kier molecular flexibility index (Phi) is 5.63. The molecule has 1 aromatic carbocycles. The molecule has 102 valence electrons. The summed E-state index contributed by atoms with van der Waals surface area (Å²) in [5.41, 5.74) is 2.62. The minimum Gasteiger partial charge on any atom is -0.494 e. The van der Waals surface area contributed by atoms with Gasteiger partial charge in [0.25, 0.3) is 0 Å². The second kappa shape index (κ2) is 6.76. The van der Waals surface area contributed by atoms with Crippen LogP contribution in [-0.2, 0) is 6.54 Å². The predicted octanol–water partition coefficient (Wildman–Crippen LogP) is 2.48. The summed E-state index contributed by atoms with van der Waals surface area (Å²) in [7, 11) is 1.99. The Labute approximate surface area is 111 Å². The third-order valence-electron chi connectivity index (χ3n) is 3.11. The molecule has 0 aromatic heterocycles. The average molecular weight is 250 g/mol. The molecule has 0 heterocycles. The van der Waals surface area contributed by atoms with E-state index in [1.54, 1.807) is 0 Å². The first kappa shape index (κ1) is 15.0. The first-order chi connectivity index (χ1) is 8.48. The van der Waals surface area contributed by atoms with Crippen LogP contribution in [0.3, 0.4) is 0 Å². The molecule has 0 fully saturated rings. The highest BCUT2D eigenvalue weighted by Gasteiger charge is 2.13. The number of likely N-dealkylation sites (N-methyl/N-ethyl adjacent to an activating group) is 1. The van der Waals surface area contributed by atoms with Gasteiger partial charge in [0.1, 0.15) is 5.75 Å². The molecule has 0 saturated heterocycles. The first-order valence-corrected chi connectivity index (χ1v) is 6.60. The van der Waals surface area contributed by atoms with Gasteiger partial charge in [-0.3, -0.25) is 0 Å². The average Bonchev–Trinajstić information content (AvgIpc) is 2.32. The Balaban J connectivity index is 2.51. The SMILES string of the molecule is CCOc1ccc(CNCC(C)(C)NC)cc1C. The molecular weight excluding hydrogens is 224 g/mol. The van der Waals surface area contributed by atoms with Crippen LogP contribution in [0.2, 0.25) is 0 Å². The quantitative estimate of drug-likeness (QED) is 0.780. The Bertz CT molecular complexity index is 375. The zero-order chi connectivity index (χ0) is 13.6. The van der Waals surface area contributed by atoms with Gasteiger partial charge in [0.15, 0.2) is 0 Å². The van der Waals surface area contributed by atoms with Crippen molar-refractivity contribution >= 4 is 0 Å². The van der Waals surface area contributed by atoms with Crippen LogP contribution in [0.5, 0.6) is 5.75 Å². The van der Waals surface area contributed by atoms with Crippen molar-refractivity contribution in [2.75, 3.05) is 20.2 Å². The molecule has 18 heavy (non-hydrogen) atoms. The van der Waals surface area contributed by atoms with E-state index in [0.717, 1.165) is 25.4 Å². The van der Waals surface area contributed by atoms with E-state index in [2.05, 4.69) is 49.6 Å². The van der Waals surface area contributed by atoms with E-state index in [-0.39, 0.29) is 5.54 Å². The fourth-order valence-corrected chi connectivity index (χ4v) is 1.75. The molecule has 1 rings (SSSR count). The van der Waals surface area contributed by atoms with Crippen LogP contribution in [-0.4, -0.2) is 25.7 Å². The lowest BCUT2D eigenvalue weighted by Crippen LogP contribution is -2.45. The summed E-state index contributed by atoms with van der Waals surface area (Å²) in [6, 6.07) is 6.36. The number of ether oxygens (including phenoxy) is 1. The van der Waals surface area contributed by atoms with E-state index in [4.69, 9.17) is 4.74 Å². The molecule has 0 bridgehead atoms. The van der Waals surface area contributed by atoms with E-state index in [0.29, 0.717) is 0 Å². The molecule has 0 aliphatic heterocycles. The number of hydrogen-bond acceptors (Lipinski definition) is 3. The number of rotatable bonds is 7. The molecule has 3 nitrogen and oxygen atoms in total. The highest BCUT2D eigenvalue weighted by molar-refractivity contribution is 5.36. The largest absolute Gasteiger partial charge is 0.494 e. The molecule has 0 atom stereocenters. The molecule has 3 heteroatoms. The second-order valence-electron chi connectivity index (χ2n) is 5.27. The zero-order valence-corrected chi connectivity index (χ0v) is 12.3. The lowest BCUT2D eigenvalue weighted by atomic mass is 10.1. The number of hydrogen-bond donors (Lipinski definition) is 2. The van der Waals surface area contributed by atoms with Crippen molar-refractivity contribution in [3.63, 3.8) is 0 Å². The molecular formula is C15H26N2O. The van der Waals surface area contributed by atoms with Gasteiger partial charge in [-0.15, -0.1) is 0 Å². The van der Waals surface area contributed by atoms with Crippen LogP contribution in [0.25, 0.3) is 0 Å². The number of aryl methyl sites for hydroxylation is 1. The lowest BCUT2D eigenvalue weighted by molar-refractivity contribution is 0.337. The smallest absolute Gasteiger partial charge is 0.122 e. The maximum Gasteiger partial charge on any atom is 0.122 e. The van der Waals surface area contributed by atoms with Crippen LogP contribution >= 0.6 is 0 Å². The van der Waals surface area contributed by atoms with E-state index >= 15 is 0 Å². The first-order valence-electron chi connectivity index (χ1n) is 6.60. The third-order valence-corrected chi connectivity index (χ3v) is 3.11. The van der Waals surface area contributed by atoms with Crippen LogP contribution in [0, 0.1) is 6.92 Å². The van der Waals surface area contributed by atoms with E-state index in [1.807, 2.05) is 14.0 Å². The van der Waals surface area contributed by atoms with Crippen molar-refractivity contribution in [3.05, 3.63) is 29.3 Å². The van der Waals surface area contributed by atoms with Crippen LogP contribution < -0.4 is 15.4 Å². The van der Waals surface area contributed by atoms with Gasteiger partial charge in [-0.25, -0.2) is 0 Å². The van der Waals surface area contributed by atoms with Gasteiger partial charge in [-0.05, 0) is 51.9 Å². The molecule has 0 saturated carbocycles. The highest BCUT2D eigenvalue weighted by Crippen LogP contribution is 2.19. The Morgan fingerprint density at radius 2 is 2.00 bits per heavy atom. The Morgan fingerprint density at radius 3 is 2.56 bits per heavy atom. The summed E-state index contributed by atoms with van der Waals surface area (Å²) in [6.45, 7) is 11.0. The molecule has 0 aliphatic rings. The monoisotopic (exact) mass is 250 g/mol. The van der Waals surface area contributed by atoms with Gasteiger partial charge in [0.05, 0.1) is 6.61 Å². The summed E-state index contributed by atoms with van der Waals surface area (Å²) >= 11 is 0. The fraction of sp³-hybridized carbons (Fsp3) is 0.600. The van der Waals surface area contributed by atoms with E-state index in [1.165, 1.54) is 11.1 Å². The number of nitrogens with one attached hydrogen (secondary N) is 2. The summed E-state index contributed by atoms with van der Waals surface area (Å²) < 4.78 is 5.54. The van der Waals surface area contributed by atoms with Gasteiger partial charge in [0.2, 0.25) is 0 Å². The fourth-order valence-electron chi connectivity index (χ4n) is 1.75. The van der Waals surface area contributed by atoms with Crippen molar-refractivity contribution in [1.29, 1.82) is 0 Å². The molecule has 0 spiro atoms. The maximum absolute atomic E-state index is 5.54. The van der Waals surface area contributed by atoms with Crippen molar-refractivity contribution in [3.8, 4) is 5.75 Å². The van der Waals surface area contributed by atoms with Gasteiger partial charge in [-0.2, -0.15) is 0 Å². The molecule has 0 amide bonds. The van der Waals surface area contributed by atoms with Crippen LogP contribution in [0.15, 0.2) is 18.2 Å². The second-order valence-corrected chi connectivity index (χ2v) is 5.27. The van der Waals surface area contributed by atoms with Crippen LogP contribution in [0.1, 0.15) is 31.9 Å². The normalized spacial score (nSPS) is 11.6. The van der Waals surface area contributed by atoms with Crippen molar-refractivity contribution in [2.24, 2.45) is 0 Å².